The molecule has 1 heterocycles. The molecule has 0 fully saturated rings. The molecule has 3 rings (SSSR count). The van der Waals surface area contributed by atoms with E-state index in [0.717, 1.165) is 11.1 Å². The monoisotopic (exact) mass is 406 g/mol. The van der Waals surface area contributed by atoms with Gasteiger partial charge in [0.1, 0.15) is 5.69 Å². The number of halogens is 2. The zero-order valence-corrected chi connectivity index (χ0v) is 16.9. The number of nitrogens with zero attached hydrogens (tertiary/aromatic N) is 2. The maximum atomic E-state index is 12.3. The van der Waals surface area contributed by atoms with Crippen LogP contribution in [0, 0.1) is 0 Å². The highest BCUT2D eigenvalue weighted by molar-refractivity contribution is 5.93. The molecular weight excluding hydrogens is 383 g/mol. The van der Waals surface area contributed by atoms with Gasteiger partial charge in [-0.05, 0) is 29.2 Å². The maximum Gasteiger partial charge on any atom is 0.271 e. The molecule has 0 radical (unpaired) electrons. The predicted octanol–water partition coefficient (Wildman–Crippen LogP) is 4.03. The molecule has 0 bridgehead atoms. The van der Waals surface area contributed by atoms with E-state index in [4.69, 9.17) is 5.73 Å². The van der Waals surface area contributed by atoms with Crippen LogP contribution in [0.25, 0.3) is 11.0 Å². The Hall–Kier alpha value is -2.21. The Morgan fingerprint density at radius 2 is 1.59 bits per heavy atom. The summed E-state index contributed by atoms with van der Waals surface area (Å²) in [6, 6.07) is 15.4. The van der Waals surface area contributed by atoms with Gasteiger partial charge in [-0.2, -0.15) is 0 Å². The van der Waals surface area contributed by atoms with E-state index in [1.54, 1.807) is 0 Å². The van der Waals surface area contributed by atoms with Crippen molar-refractivity contribution in [2.75, 3.05) is 6.54 Å². The van der Waals surface area contributed by atoms with Gasteiger partial charge in [-0.3, -0.25) is 9.78 Å². The lowest BCUT2D eigenvalue weighted by molar-refractivity contribution is 0.0946. The number of benzene rings is 2. The zero-order valence-electron chi connectivity index (χ0n) is 15.3. The standard InChI is InChI=1S/C20H22N4O.2ClH/c1-13(2)14-7-9-15(10-8-14)16(21)11-23-20(25)19-12-22-17-5-3-4-6-18(17)24-19;;/h3-10,12-13,16H,11,21H2,1-2H3,(H,23,25);2*1H. The number of rotatable bonds is 5. The average molecular weight is 407 g/mol. The highest BCUT2D eigenvalue weighted by Gasteiger charge is 2.12. The lowest BCUT2D eigenvalue weighted by Crippen LogP contribution is -2.32. The van der Waals surface area contributed by atoms with Gasteiger partial charge in [0.2, 0.25) is 0 Å². The minimum atomic E-state index is -0.271. The van der Waals surface area contributed by atoms with E-state index in [0.29, 0.717) is 23.7 Å². The van der Waals surface area contributed by atoms with Crippen LogP contribution in [0.3, 0.4) is 0 Å². The first-order valence-electron chi connectivity index (χ1n) is 8.40. The molecule has 27 heavy (non-hydrogen) atoms. The summed E-state index contributed by atoms with van der Waals surface area (Å²) in [5.41, 5.74) is 10.2. The number of para-hydroxylation sites is 2. The van der Waals surface area contributed by atoms with E-state index in [1.165, 1.54) is 11.8 Å². The third kappa shape index (κ3) is 5.63. The Labute approximate surface area is 171 Å². The van der Waals surface area contributed by atoms with Crippen molar-refractivity contribution < 1.29 is 4.79 Å². The van der Waals surface area contributed by atoms with Crippen LogP contribution in [0.5, 0.6) is 0 Å². The molecule has 5 nitrogen and oxygen atoms in total. The molecule has 1 amide bonds. The average Bonchev–Trinajstić information content (AvgIpc) is 2.65. The number of nitrogens with one attached hydrogen (secondary N) is 1. The number of fused-ring (bicyclic) bond motifs is 1. The topological polar surface area (TPSA) is 80.9 Å². The molecule has 0 aliphatic carbocycles. The van der Waals surface area contributed by atoms with Crippen LogP contribution in [-0.4, -0.2) is 22.4 Å². The second-order valence-corrected chi connectivity index (χ2v) is 6.38. The molecule has 3 aromatic rings. The van der Waals surface area contributed by atoms with Crippen molar-refractivity contribution in [3.05, 3.63) is 71.5 Å². The third-order valence-electron chi connectivity index (χ3n) is 4.20. The number of hydrogen-bond donors (Lipinski definition) is 2. The van der Waals surface area contributed by atoms with Gasteiger partial charge < -0.3 is 11.1 Å². The van der Waals surface area contributed by atoms with Crippen molar-refractivity contribution in [3.8, 4) is 0 Å². The van der Waals surface area contributed by atoms with Crippen LogP contribution in [0.2, 0.25) is 0 Å². The van der Waals surface area contributed by atoms with Gasteiger partial charge >= 0.3 is 0 Å². The molecule has 0 aliphatic heterocycles. The van der Waals surface area contributed by atoms with E-state index >= 15 is 0 Å². The summed E-state index contributed by atoms with van der Waals surface area (Å²) >= 11 is 0. The quantitative estimate of drug-likeness (QED) is 0.669. The smallest absolute Gasteiger partial charge is 0.271 e. The summed E-state index contributed by atoms with van der Waals surface area (Å²) in [6.07, 6.45) is 1.49. The second kappa shape index (κ2) is 10.2. The van der Waals surface area contributed by atoms with Gasteiger partial charge in [0.25, 0.3) is 5.91 Å². The minimum Gasteiger partial charge on any atom is -0.349 e. The molecule has 0 aliphatic rings. The van der Waals surface area contributed by atoms with Crippen molar-refractivity contribution in [2.24, 2.45) is 5.73 Å². The summed E-state index contributed by atoms with van der Waals surface area (Å²) in [4.78, 5) is 20.9. The first-order chi connectivity index (χ1) is 12.0. The Balaban J connectivity index is 0.00000182. The van der Waals surface area contributed by atoms with Gasteiger partial charge in [0, 0.05) is 12.6 Å². The third-order valence-corrected chi connectivity index (χ3v) is 4.20. The summed E-state index contributed by atoms with van der Waals surface area (Å²) in [7, 11) is 0. The van der Waals surface area contributed by atoms with E-state index in [1.807, 2.05) is 36.4 Å². The summed E-state index contributed by atoms with van der Waals surface area (Å²) in [5.74, 6) is 0.212. The van der Waals surface area contributed by atoms with Crippen molar-refractivity contribution in [3.63, 3.8) is 0 Å². The minimum absolute atomic E-state index is 0. The number of amides is 1. The molecule has 0 saturated heterocycles. The highest BCUT2D eigenvalue weighted by Crippen LogP contribution is 2.17. The van der Waals surface area contributed by atoms with Crippen molar-refractivity contribution >= 4 is 41.8 Å². The van der Waals surface area contributed by atoms with Crippen LogP contribution in [0.4, 0.5) is 0 Å². The molecule has 1 unspecified atom stereocenters. The molecule has 1 aromatic heterocycles. The van der Waals surface area contributed by atoms with Gasteiger partial charge in [0.05, 0.1) is 17.2 Å². The van der Waals surface area contributed by atoms with Gasteiger partial charge in [0.15, 0.2) is 0 Å². The molecular formula is C20H24Cl2N4O. The van der Waals surface area contributed by atoms with E-state index in [2.05, 4.69) is 41.3 Å². The number of carbonyl (C=O) groups excluding carboxylic acids is 1. The van der Waals surface area contributed by atoms with Crippen LogP contribution in [0.1, 0.15) is 47.4 Å². The lowest BCUT2D eigenvalue weighted by Gasteiger charge is -2.14. The van der Waals surface area contributed by atoms with E-state index in [9.17, 15) is 4.79 Å². The normalized spacial score (nSPS) is 11.4. The maximum absolute atomic E-state index is 12.3. The second-order valence-electron chi connectivity index (χ2n) is 6.38. The fourth-order valence-electron chi connectivity index (χ4n) is 2.61. The first-order valence-corrected chi connectivity index (χ1v) is 8.40. The Kier molecular flexibility index (Phi) is 8.63. The Morgan fingerprint density at radius 1 is 1.00 bits per heavy atom. The van der Waals surface area contributed by atoms with Crippen molar-refractivity contribution in [1.29, 1.82) is 0 Å². The fourth-order valence-corrected chi connectivity index (χ4v) is 2.61. The van der Waals surface area contributed by atoms with Gasteiger partial charge in [-0.15, -0.1) is 24.8 Å². The molecule has 0 spiro atoms. The molecule has 144 valence electrons. The number of carbonyl (C=O) groups is 1. The first kappa shape index (κ1) is 22.8. The highest BCUT2D eigenvalue weighted by atomic mass is 35.5. The fraction of sp³-hybridized carbons (Fsp3) is 0.250. The summed E-state index contributed by atoms with van der Waals surface area (Å²) in [6.45, 7) is 4.65. The van der Waals surface area contributed by atoms with Crippen LogP contribution < -0.4 is 11.1 Å². The van der Waals surface area contributed by atoms with E-state index < -0.39 is 0 Å². The van der Waals surface area contributed by atoms with Crippen LogP contribution >= 0.6 is 24.8 Å². The molecule has 3 N–H and O–H groups in total. The molecule has 2 aromatic carbocycles. The Bertz CT molecular complexity index is 885. The molecule has 7 heteroatoms. The number of aromatic nitrogens is 2. The van der Waals surface area contributed by atoms with Crippen LogP contribution in [0.15, 0.2) is 54.7 Å². The summed E-state index contributed by atoms with van der Waals surface area (Å²) in [5, 5.41) is 2.83. The van der Waals surface area contributed by atoms with Gasteiger partial charge in [-0.1, -0.05) is 50.2 Å². The van der Waals surface area contributed by atoms with E-state index in [-0.39, 0.29) is 36.8 Å². The lowest BCUT2D eigenvalue weighted by atomic mass is 9.99. The van der Waals surface area contributed by atoms with Gasteiger partial charge in [-0.25, -0.2) is 4.98 Å². The largest absolute Gasteiger partial charge is 0.349 e. The predicted molar refractivity (Wildman–Crippen MR) is 114 cm³/mol. The zero-order chi connectivity index (χ0) is 17.8. The number of hydrogen-bond acceptors (Lipinski definition) is 4. The van der Waals surface area contributed by atoms with Crippen molar-refractivity contribution in [1.82, 2.24) is 15.3 Å². The molecule has 0 saturated carbocycles. The summed E-state index contributed by atoms with van der Waals surface area (Å²) < 4.78 is 0. The Morgan fingerprint density at radius 3 is 2.22 bits per heavy atom. The molecule has 1 atom stereocenters. The number of nitrogens with two attached hydrogens (primary N) is 1. The van der Waals surface area contributed by atoms with Crippen molar-refractivity contribution in [2.45, 2.75) is 25.8 Å². The SMILES string of the molecule is CC(C)c1ccc(C(N)CNC(=O)c2cnc3ccccc3n2)cc1.Cl.Cl. The van der Waals surface area contributed by atoms with Crippen LogP contribution in [-0.2, 0) is 0 Å².